The molecule has 4 nitrogen and oxygen atoms in total. The monoisotopic (exact) mass is 443 g/mol. The summed E-state index contributed by atoms with van der Waals surface area (Å²) < 4.78 is 24.3. The number of hydrogen-bond donors (Lipinski definition) is 0. The molecule has 1 saturated carbocycles. The lowest BCUT2D eigenvalue weighted by molar-refractivity contribution is -0.136. The molecule has 0 N–H and O–H groups in total. The van der Waals surface area contributed by atoms with Gasteiger partial charge in [-0.1, -0.05) is 68.2 Å². The van der Waals surface area contributed by atoms with Gasteiger partial charge in [0.1, 0.15) is 4.49 Å². The lowest BCUT2D eigenvalue weighted by atomic mass is 10.1. The minimum absolute atomic E-state index is 0.0116. The first kappa shape index (κ1) is 21.7. The van der Waals surface area contributed by atoms with E-state index in [1.807, 2.05) is 26.0 Å². The van der Waals surface area contributed by atoms with Crippen LogP contribution in [0.5, 0.6) is 0 Å². The standard InChI is InChI=1S/C21H27Cl2NO3S/c1-4-14-5-7-15(8-6-14)12-24(16-9-10-28(26,27)13-16)20(25)19-17(11-18(22)23)21(19,2)3/h5-8,11,16-17,19H,4,9-10,12-13H2,1-3H3/t16-,17+,19+/m1/s1. The Morgan fingerprint density at radius 2 is 1.82 bits per heavy atom. The normalized spacial score (nSPS) is 27.2. The summed E-state index contributed by atoms with van der Waals surface area (Å²) in [5.41, 5.74) is 2.00. The Kier molecular flexibility index (Phi) is 6.19. The molecular formula is C21H27Cl2NO3S. The SMILES string of the molecule is CCc1ccc(CN(C(=O)[C@@H]2[C@H](C=C(Cl)Cl)C2(C)C)[C@@H]2CCS(=O)(=O)C2)cc1. The van der Waals surface area contributed by atoms with Crippen molar-refractivity contribution in [3.05, 3.63) is 46.0 Å². The summed E-state index contributed by atoms with van der Waals surface area (Å²) >= 11 is 11.7. The Morgan fingerprint density at radius 3 is 2.32 bits per heavy atom. The van der Waals surface area contributed by atoms with E-state index in [1.54, 1.807) is 11.0 Å². The molecule has 0 spiro atoms. The molecule has 0 bridgehead atoms. The minimum Gasteiger partial charge on any atom is -0.334 e. The average Bonchev–Trinajstić information content (AvgIpc) is 2.95. The predicted octanol–water partition coefficient (Wildman–Crippen LogP) is 4.36. The zero-order valence-corrected chi connectivity index (χ0v) is 18.8. The Bertz CT molecular complexity index is 873. The van der Waals surface area contributed by atoms with Crippen LogP contribution in [0.25, 0.3) is 0 Å². The maximum absolute atomic E-state index is 13.5. The maximum atomic E-state index is 13.5. The van der Waals surface area contributed by atoms with Crippen molar-refractivity contribution in [2.24, 2.45) is 17.3 Å². The first-order valence-electron chi connectivity index (χ1n) is 9.66. The molecule has 2 fully saturated rings. The first-order valence-corrected chi connectivity index (χ1v) is 12.2. The van der Waals surface area contributed by atoms with Crippen LogP contribution in [0, 0.1) is 17.3 Å². The van der Waals surface area contributed by atoms with Crippen LogP contribution in [0.3, 0.4) is 0 Å². The van der Waals surface area contributed by atoms with E-state index < -0.39 is 9.84 Å². The number of amides is 1. The van der Waals surface area contributed by atoms with Crippen molar-refractivity contribution in [3.8, 4) is 0 Å². The van der Waals surface area contributed by atoms with Crippen molar-refractivity contribution in [3.63, 3.8) is 0 Å². The van der Waals surface area contributed by atoms with Crippen molar-refractivity contribution >= 4 is 38.9 Å². The van der Waals surface area contributed by atoms with Gasteiger partial charge in [0.2, 0.25) is 5.91 Å². The molecule has 1 aliphatic heterocycles. The third kappa shape index (κ3) is 4.58. The number of allylic oxidation sites excluding steroid dienone is 1. The van der Waals surface area contributed by atoms with Gasteiger partial charge in [-0.3, -0.25) is 4.79 Å². The predicted molar refractivity (Wildman–Crippen MR) is 114 cm³/mol. The molecule has 1 aliphatic carbocycles. The van der Waals surface area contributed by atoms with Gasteiger partial charge in [-0.15, -0.1) is 0 Å². The van der Waals surface area contributed by atoms with Crippen molar-refractivity contribution in [2.45, 2.75) is 46.2 Å². The summed E-state index contributed by atoms with van der Waals surface area (Å²) in [6.45, 7) is 6.56. The highest BCUT2D eigenvalue weighted by atomic mass is 35.5. The summed E-state index contributed by atoms with van der Waals surface area (Å²) in [6.07, 6.45) is 3.17. The molecule has 2 aliphatic rings. The Labute approximate surface area is 177 Å². The Hall–Kier alpha value is -1.04. The Morgan fingerprint density at radius 1 is 1.21 bits per heavy atom. The lowest BCUT2D eigenvalue weighted by Gasteiger charge is -2.29. The van der Waals surface area contributed by atoms with E-state index in [9.17, 15) is 13.2 Å². The van der Waals surface area contributed by atoms with Crippen molar-refractivity contribution in [2.75, 3.05) is 11.5 Å². The van der Waals surface area contributed by atoms with E-state index in [1.165, 1.54) is 5.56 Å². The number of nitrogens with zero attached hydrogens (tertiary/aromatic N) is 1. The third-order valence-corrected chi connectivity index (χ3v) is 8.20. The fraction of sp³-hybridized carbons (Fsp3) is 0.571. The van der Waals surface area contributed by atoms with Crippen LogP contribution in [0.2, 0.25) is 0 Å². The van der Waals surface area contributed by atoms with Gasteiger partial charge in [-0.2, -0.15) is 0 Å². The Balaban J connectivity index is 1.86. The molecule has 1 saturated heterocycles. The summed E-state index contributed by atoms with van der Waals surface area (Å²) in [6, 6.07) is 7.88. The second-order valence-electron chi connectivity index (χ2n) is 8.47. The average molecular weight is 444 g/mol. The largest absolute Gasteiger partial charge is 0.334 e. The maximum Gasteiger partial charge on any atom is 0.227 e. The third-order valence-electron chi connectivity index (χ3n) is 6.20. The van der Waals surface area contributed by atoms with Crippen LogP contribution < -0.4 is 0 Å². The topological polar surface area (TPSA) is 54.5 Å². The minimum atomic E-state index is -3.09. The number of benzene rings is 1. The van der Waals surface area contributed by atoms with Crippen LogP contribution in [-0.2, 0) is 27.6 Å². The molecule has 3 rings (SSSR count). The quantitative estimate of drug-likeness (QED) is 0.656. The second-order valence-corrected chi connectivity index (χ2v) is 11.7. The van der Waals surface area contributed by atoms with Crippen LogP contribution in [-0.4, -0.2) is 36.8 Å². The van der Waals surface area contributed by atoms with Crippen molar-refractivity contribution < 1.29 is 13.2 Å². The molecule has 0 unspecified atom stereocenters. The molecule has 28 heavy (non-hydrogen) atoms. The van der Waals surface area contributed by atoms with Crippen LogP contribution in [0.1, 0.15) is 38.3 Å². The smallest absolute Gasteiger partial charge is 0.227 e. The highest BCUT2D eigenvalue weighted by molar-refractivity contribution is 7.91. The van der Waals surface area contributed by atoms with Crippen molar-refractivity contribution in [1.29, 1.82) is 0 Å². The molecule has 0 radical (unpaired) electrons. The molecule has 3 atom stereocenters. The van der Waals surface area contributed by atoms with Gasteiger partial charge in [-0.25, -0.2) is 8.42 Å². The molecule has 0 aromatic heterocycles. The fourth-order valence-electron chi connectivity index (χ4n) is 4.26. The summed E-state index contributed by atoms with van der Waals surface area (Å²) in [5.74, 6) is -0.106. The summed E-state index contributed by atoms with van der Waals surface area (Å²) in [7, 11) is -3.09. The summed E-state index contributed by atoms with van der Waals surface area (Å²) in [5, 5.41) is 0. The van der Waals surface area contributed by atoms with Gasteiger partial charge < -0.3 is 4.90 Å². The number of carbonyl (C=O) groups is 1. The van der Waals surface area contributed by atoms with Gasteiger partial charge in [0, 0.05) is 12.6 Å². The van der Waals surface area contributed by atoms with E-state index in [4.69, 9.17) is 23.2 Å². The number of aryl methyl sites for hydroxylation is 1. The number of hydrogen-bond acceptors (Lipinski definition) is 3. The van der Waals surface area contributed by atoms with Crippen LogP contribution >= 0.6 is 23.2 Å². The van der Waals surface area contributed by atoms with E-state index in [0.29, 0.717) is 13.0 Å². The van der Waals surface area contributed by atoms with Gasteiger partial charge in [0.15, 0.2) is 9.84 Å². The number of sulfone groups is 1. The van der Waals surface area contributed by atoms with E-state index in [0.717, 1.165) is 12.0 Å². The van der Waals surface area contributed by atoms with Crippen LogP contribution in [0.4, 0.5) is 0 Å². The molecular weight excluding hydrogens is 417 g/mol. The fourth-order valence-corrected chi connectivity index (χ4v) is 6.26. The van der Waals surface area contributed by atoms with Gasteiger partial charge in [0.05, 0.1) is 17.4 Å². The highest BCUT2D eigenvalue weighted by Crippen LogP contribution is 2.60. The van der Waals surface area contributed by atoms with Gasteiger partial charge in [0.25, 0.3) is 0 Å². The molecule has 7 heteroatoms. The lowest BCUT2D eigenvalue weighted by Crippen LogP contribution is -2.42. The van der Waals surface area contributed by atoms with Gasteiger partial charge >= 0.3 is 0 Å². The summed E-state index contributed by atoms with van der Waals surface area (Å²) in [4.78, 5) is 15.2. The highest BCUT2D eigenvalue weighted by Gasteiger charge is 2.62. The molecule has 1 aromatic carbocycles. The first-order chi connectivity index (χ1) is 13.0. The van der Waals surface area contributed by atoms with E-state index in [-0.39, 0.29) is 45.2 Å². The molecule has 154 valence electrons. The van der Waals surface area contributed by atoms with E-state index >= 15 is 0 Å². The molecule has 1 aromatic rings. The van der Waals surface area contributed by atoms with Crippen molar-refractivity contribution in [1.82, 2.24) is 4.90 Å². The van der Waals surface area contributed by atoms with E-state index in [2.05, 4.69) is 19.1 Å². The number of halogens is 2. The second kappa shape index (κ2) is 8.00. The number of rotatable bonds is 6. The van der Waals surface area contributed by atoms with Gasteiger partial charge in [-0.05, 0) is 41.4 Å². The molecule has 1 heterocycles. The zero-order chi connectivity index (χ0) is 20.7. The van der Waals surface area contributed by atoms with Crippen LogP contribution in [0.15, 0.2) is 34.8 Å². The zero-order valence-electron chi connectivity index (χ0n) is 16.5. The molecule has 1 amide bonds. The number of carbonyl (C=O) groups excluding carboxylic acids is 1.